The second kappa shape index (κ2) is 9.38. The number of benzene rings is 2. The molecule has 1 aliphatic heterocycles. The summed E-state index contributed by atoms with van der Waals surface area (Å²) in [5, 5.41) is 4.81. The molecule has 1 saturated heterocycles. The fourth-order valence-corrected chi connectivity index (χ4v) is 4.53. The first-order valence-corrected chi connectivity index (χ1v) is 10.8. The van der Waals surface area contributed by atoms with E-state index < -0.39 is 0 Å². The van der Waals surface area contributed by atoms with Crippen molar-refractivity contribution in [2.24, 2.45) is 0 Å². The Morgan fingerprint density at radius 3 is 2.50 bits per heavy atom. The lowest BCUT2D eigenvalue weighted by Crippen LogP contribution is -2.29. The first-order valence-electron chi connectivity index (χ1n) is 9.62. The van der Waals surface area contributed by atoms with Crippen molar-refractivity contribution in [3.63, 3.8) is 0 Å². The van der Waals surface area contributed by atoms with Crippen molar-refractivity contribution < 1.29 is 9.53 Å². The molecule has 0 N–H and O–H groups in total. The largest absolute Gasteiger partial charge is 0.385 e. The van der Waals surface area contributed by atoms with Gasteiger partial charge in [0.25, 0.3) is 5.91 Å². The summed E-state index contributed by atoms with van der Waals surface area (Å²) in [5.74, 6) is -0.0624. The average molecular weight is 436 g/mol. The number of hydrogen-bond donors (Lipinski definition) is 0. The Bertz CT molecular complexity index is 1080. The number of amides is 1. The van der Waals surface area contributed by atoms with Crippen LogP contribution in [0.25, 0.3) is 23.0 Å². The molecule has 3 aromatic rings. The number of carbonyl (C=O) groups is 1. The molecule has 7 heteroatoms. The molecular formula is C23H21N3O2S2. The molecule has 1 aliphatic rings. The third-order valence-corrected chi connectivity index (χ3v) is 6.08. The van der Waals surface area contributed by atoms with Gasteiger partial charge in [-0.1, -0.05) is 72.5 Å². The molecule has 1 fully saturated rings. The quantitative estimate of drug-likeness (QED) is 0.304. The van der Waals surface area contributed by atoms with Crippen molar-refractivity contribution >= 4 is 40.3 Å². The molecule has 0 spiro atoms. The van der Waals surface area contributed by atoms with E-state index in [1.807, 2.05) is 77.6 Å². The van der Waals surface area contributed by atoms with Gasteiger partial charge in [0.05, 0.1) is 16.3 Å². The van der Waals surface area contributed by atoms with E-state index >= 15 is 0 Å². The van der Waals surface area contributed by atoms with Crippen LogP contribution in [0.1, 0.15) is 12.0 Å². The smallest absolute Gasteiger partial charge is 0.266 e. The number of para-hydroxylation sites is 1. The Kier molecular flexibility index (Phi) is 6.42. The monoisotopic (exact) mass is 435 g/mol. The van der Waals surface area contributed by atoms with Gasteiger partial charge in [-0.3, -0.25) is 9.69 Å². The molecule has 2 heterocycles. The van der Waals surface area contributed by atoms with E-state index in [2.05, 4.69) is 0 Å². The molecule has 152 valence electrons. The van der Waals surface area contributed by atoms with Crippen molar-refractivity contribution in [3.8, 4) is 16.9 Å². The van der Waals surface area contributed by atoms with Gasteiger partial charge < -0.3 is 4.74 Å². The number of rotatable bonds is 7. The third-order valence-electron chi connectivity index (χ3n) is 4.70. The fraction of sp³-hybridized carbons (Fsp3) is 0.174. The minimum Gasteiger partial charge on any atom is -0.385 e. The van der Waals surface area contributed by atoms with Gasteiger partial charge in [-0.15, -0.1) is 0 Å². The van der Waals surface area contributed by atoms with Gasteiger partial charge in [0.2, 0.25) is 0 Å². The topological polar surface area (TPSA) is 47.4 Å². The van der Waals surface area contributed by atoms with E-state index in [1.165, 1.54) is 11.8 Å². The Hall–Kier alpha value is -2.74. The Labute approximate surface area is 185 Å². The normalized spacial score (nSPS) is 15.4. The number of methoxy groups -OCH3 is 1. The molecule has 30 heavy (non-hydrogen) atoms. The number of thiocarbonyl (C=S) groups is 1. The highest BCUT2D eigenvalue weighted by molar-refractivity contribution is 8.26. The number of thioether (sulfide) groups is 1. The van der Waals surface area contributed by atoms with Gasteiger partial charge in [0, 0.05) is 37.6 Å². The van der Waals surface area contributed by atoms with Crippen LogP contribution < -0.4 is 0 Å². The molecule has 1 aromatic heterocycles. The van der Waals surface area contributed by atoms with Gasteiger partial charge >= 0.3 is 0 Å². The van der Waals surface area contributed by atoms with E-state index in [4.69, 9.17) is 22.1 Å². The molecule has 0 unspecified atom stereocenters. The standard InChI is InChI=1S/C23H21N3O2S2/c1-28-14-8-13-25-22(27)20(30-23(25)29)15-18-16-26(19-11-6-3-7-12-19)24-21(18)17-9-4-2-5-10-17/h2-7,9-12,15-16H,8,13-14H2,1H3/b20-15-. The molecule has 0 bridgehead atoms. The predicted octanol–water partition coefficient (Wildman–Crippen LogP) is 4.78. The Morgan fingerprint density at radius 1 is 1.10 bits per heavy atom. The highest BCUT2D eigenvalue weighted by Crippen LogP contribution is 2.34. The lowest BCUT2D eigenvalue weighted by atomic mass is 10.1. The van der Waals surface area contributed by atoms with Gasteiger partial charge in [0.1, 0.15) is 4.32 Å². The number of nitrogens with zero attached hydrogens (tertiary/aromatic N) is 3. The third kappa shape index (κ3) is 4.38. The van der Waals surface area contributed by atoms with Crippen molar-refractivity contribution in [2.75, 3.05) is 20.3 Å². The van der Waals surface area contributed by atoms with Gasteiger partial charge in [0.15, 0.2) is 0 Å². The summed E-state index contributed by atoms with van der Waals surface area (Å²) in [7, 11) is 1.65. The lowest BCUT2D eigenvalue weighted by Gasteiger charge is -2.13. The van der Waals surface area contributed by atoms with Crippen LogP contribution in [0.3, 0.4) is 0 Å². The van der Waals surface area contributed by atoms with Gasteiger partial charge in [-0.25, -0.2) is 4.68 Å². The van der Waals surface area contributed by atoms with Crippen LogP contribution in [0, 0.1) is 0 Å². The maximum atomic E-state index is 12.9. The van der Waals surface area contributed by atoms with Crippen LogP contribution in [0.2, 0.25) is 0 Å². The van der Waals surface area contributed by atoms with Gasteiger partial charge in [-0.2, -0.15) is 5.10 Å². The van der Waals surface area contributed by atoms with Crippen molar-refractivity contribution in [3.05, 3.63) is 77.3 Å². The van der Waals surface area contributed by atoms with Gasteiger partial charge in [-0.05, 0) is 24.6 Å². The van der Waals surface area contributed by atoms with Crippen LogP contribution in [-0.2, 0) is 9.53 Å². The second-order valence-corrected chi connectivity index (χ2v) is 8.43. The molecule has 0 radical (unpaired) electrons. The molecule has 0 saturated carbocycles. The zero-order valence-corrected chi connectivity index (χ0v) is 18.2. The minimum absolute atomic E-state index is 0.0624. The summed E-state index contributed by atoms with van der Waals surface area (Å²) < 4.78 is 7.51. The lowest BCUT2D eigenvalue weighted by molar-refractivity contribution is -0.122. The van der Waals surface area contributed by atoms with Crippen LogP contribution in [-0.4, -0.2) is 45.2 Å². The van der Waals surface area contributed by atoms with Crippen molar-refractivity contribution in [1.29, 1.82) is 0 Å². The molecule has 0 aliphatic carbocycles. The number of hydrogen-bond acceptors (Lipinski definition) is 5. The van der Waals surface area contributed by atoms with E-state index in [0.717, 1.165) is 28.9 Å². The van der Waals surface area contributed by atoms with Crippen LogP contribution in [0.5, 0.6) is 0 Å². The van der Waals surface area contributed by atoms with E-state index in [1.54, 1.807) is 12.0 Å². The average Bonchev–Trinajstić information content (AvgIpc) is 3.31. The molecule has 5 nitrogen and oxygen atoms in total. The summed E-state index contributed by atoms with van der Waals surface area (Å²) in [6.07, 6.45) is 4.59. The summed E-state index contributed by atoms with van der Waals surface area (Å²) >= 11 is 6.77. The fourth-order valence-electron chi connectivity index (χ4n) is 3.23. The number of ether oxygens (including phenoxy) is 1. The maximum Gasteiger partial charge on any atom is 0.266 e. The molecule has 0 atom stereocenters. The van der Waals surface area contributed by atoms with Crippen molar-refractivity contribution in [1.82, 2.24) is 14.7 Å². The van der Waals surface area contributed by atoms with E-state index in [-0.39, 0.29) is 5.91 Å². The Balaban J connectivity index is 1.70. The van der Waals surface area contributed by atoms with Crippen molar-refractivity contribution in [2.45, 2.75) is 6.42 Å². The number of aromatic nitrogens is 2. The minimum atomic E-state index is -0.0624. The predicted molar refractivity (Wildman–Crippen MR) is 125 cm³/mol. The molecule has 1 amide bonds. The highest BCUT2D eigenvalue weighted by atomic mass is 32.2. The highest BCUT2D eigenvalue weighted by Gasteiger charge is 2.32. The summed E-state index contributed by atoms with van der Waals surface area (Å²) in [6, 6.07) is 19.9. The summed E-state index contributed by atoms with van der Waals surface area (Å²) in [6.45, 7) is 1.16. The van der Waals surface area contributed by atoms with Crippen LogP contribution in [0.4, 0.5) is 0 Å². The summed E-state index contributed by atoms with van der Waals surface area (Å²) in [5.41, 5.74) is 3.65. The summed E-state index contributed by atoms with van der Waals surface area (Å²) in [4.78, 5) is 15.2. The first-order chi connectivity index (χ1) is 14.7. The first kappa shape index (κ1) is 20.5. The zero-order chi connectivity index (χ0) is 20.9. The molecule has 4 rings (SSSR count). The zero-order valence-electron chi connectivity index (χ0n) is 16.5. The SMILES string of the molecule is COCCCN1C(=O)/C(=C/c2cn(-c3ccccc3)nc2-c2ccccc2)SC1=S. The van der Waals surface area contributed by atoms with Crippen LogP contribution >= 0.6 is 24.0 Å². The van der Waals surface area contributed by atoms with Crippen LogP contribution in [0.15, 0.2) is 71.8 Å². The number of carbonyl (C=O) groups excluding carboxylic acids is 1. The Morgan fingerprint density at radius 2 is 1.80 bits per heavy atom. The molecular weight excluding hydrogens is 414 g/mol. The second-order valence-electron chi connectivity index (χ2n) is 6.76. The van der Waals surface area contributed by atoms with E-state index in [9.17, 15) is 4.79 Å². The van der Waals surface area contributed by atoms with E-state index in [0.29, 0.717) is 22.4 Å². The molecule has 2 aromatic carbocycles. The maximum absolute atomic E-state index is 12.9.